The molecule has 152 valence electrons. The van der Waals surface area contributed by atoms with Crippen molar-refractivity contribution in [2.75, 3.05) is 43.1 Å². The maximum atomic E-state index is 13.3. The predicted molar refractivity (Wildman–Crippen MR) is 105 cm³/mol. The molecule has 3 saturated heterocycles. The first-order chi connectivity index (χ1) is 13.5. The van der Waals surface area contributed by atoms with Crippen molar-refractivity contribution in [3.05, 3.63) is 17.3 Å². The van der Waals surface area contributed by atoms with Crippen molar-refractivity contribution < 1.29 is 19.4 Å². The van der Waals surface area contributed by atoms with E-state index in [0.717, 1.165) is 58.4 Å². The number of carbonyl (C=O) groups excluding carboxylic acids is 1. The lowest BCUT2D eigenvalue weighted by Gasteiger charge is -2.41. The van der Waals surface area contributed by atoms with E-state index in [0.29, 0.717) is 29.1 Å². The summed E-state index contributed by atoms with van der Waals surface area (Å²) in [6.07, 6.45) is 4.77. The fraction of sp³-hybridized carbons (Fsp3) is 0.632. The summed E-state index contributed by atoms with van der Waals surface area (Å²) in [4.78, 5) is 32.7. The number of nitrogens with zero attached hydrogens (tertiary/aromatic N) is 3. The Morgan fingerprint density at radius 3 is 2.82 bits per heavy atom. The molecule has 0 radical (unpaired) electrons. The molecule has 1 spiro atoms. The zero-order valence-corrected chi connectivity index (χ0v) is 16.5. The number of rotatable bonds is 3. The minimum absolute atomic E-state index is 0.254. The van der Waals surface area contributed by atoms with Gasteiger partial charge in [-0.1, -0.05) is 11.6 Å². The number of piperidine rings is 1. The quantitative estimate of drug-likeness (QED) is 0.798. The van der Waals surface area contributed by atoms with E-state index < -0.39 is 6.09 Å². The molecular weight excluding hydrogens is 384 g/mol. The highest BCUT2D eigenvalue weighted by molar-refractivity contribution is 6.33. The van der Waals surface area contributed by atoms with Gasteiger partial charge in [-0.05, 0) is 38.2 Å². The summed E-state index contributed by atoms with van der Waals surface area (Å²) >= 11 is 6.38. The van der Waals surface area contributed by atoms with Crippen LogP contribution in [0.2, 0.25) is 5.02 Å². The average molecular weight is 409 g/mol. The molecule has 8 nitrogen and oxygen atoms in total. The van der Waals surface area contributed by atoms with E-state index in [1.807, 2.05) is 0 Å². The van der Waals surface area contributed by atoms with Gasteiger partial charge >= 0.3 is 6.09 Å². The second kappa shape index (κ2) is 7.75. The van der Waals surface area contributed by atoms with Crippen LogP contribution in [0.5, 0.6) is 0 Å². The number of carbonyl (C=O) groups is 2. The maximum absolute atomic E-state index is 13.3. The smallest absolute Gasteiger partial charge is 0.409 e. The van der Waals surface area contributed by atoms with Crippen molar-refractivity contribution >= 4 is 35.1 Å². The Balaban J connectivity index is 1.50. The van der Waals surface area contributed by atoms with Gasteiger partial charge in [0.2, 0.25) is 5.91 Å². The van der Waals surface area contributed by atoms with Crippen LogP contribution in [0.3, 0.4) is 0 Å². The topological polar surface area (TPSA) is 95.0 Å². The predicted octanol–water partition coefficient (Wildman–Crippen LogP) is 2.82. The van der Waals surface area contributed by atoms with Crippen LogP contribution in [0.1, 0.15) is 32.1 Å². The molecule has 2 amide bonds. The lowest BCUT2D eigenvalue weighted by atomic mass is 9.78. The lowest BCUT2D eigenvalue weighted by Crippen LogP contribution is -2.50. The number of ether oxygens (including phenoxy) is 1. The van der Waals surface area contributed by atoms with Gasteiger partial charge in [-0.3, -0.25) is 10.1 Å². The fourth-order valence-corrected chi connectivity index (χ4v) is 5.03. The Morgan fingerprint density at radius 1 is 1.32 bits per heavy atom. The van der Waals surface area contributed by atoms with Crippen molar-refractivity contribution in [3.8, 4) is 0 Å². The number of hydrogen-bond acceptors (Lipinski definition) is 5. The molecule has 4 rings (SSSR count). The number of amides is 2. The summed E-state index contributed by atoms with van der Waals surface area (Å²) < 4.78 is 5.44. The second-order valence-corrected chi connectivity index (χ2v) is 8.26. The van der Waals surface area contributed by atoms with Crippen LogP contribution in [-0.2, 0) is 9.53 Å². The number of pyridine rings is 1. The first-order valence-corrected chi connectivity index (χ1v) is 10.2. The summed E-state index contributed by atoms with van der Waals surface area (Å²) in [7, 11) is 0. The number of likely N-dealkylation sites (tertiary alicyclic amines) is 1. The van der Waals surface area contributed by atoms with Crippen LogP contribution in [-0.4, -0.2) is 65.9 Å². The Bertz CT molecular complexity index is 770. The van der Waals surface area contributed by atoms with Crippen LogP contribution in [0.15, 0.2) is 12.3 Å². The summed E-state index contributed by atoms with van der Waals surface area (Å²) in [6.45, 7) is 3.64. The van der Waals surface area contributed by atoms with Gasteiger partial charge in [0.15, 0.2) is 0 Å². The minimum atomic E-state index is -1.16. The number of hydrogen-bond donors (Lipinski definition) is 2. The molecule has 0 aromatic carbocycles. The fourth-order valence-electron chi connectivity index (χ4n) is 4.74. The normalized spacial score (nSPS) is 26.1. The molecule has 0 unspecified atom stereocenters. The standard InChI is InChI=1S/C19H25ClN4O4/c20-15-10-13(22-18(26)27)11-21-16(15)23-6-1-4-19(12-23)5-7-24(17(19)25)14-2-8-28-9-3-14/h10-11,14,22H,1-9,12H2,(H,26,27)/t19-/m0/s1. The molecule has 1 aromatic heterocycles. The number of anilines is 2. The third-order valence-corrected chi connectivity index (χ3v) is 6.40. The highest BCUT2D eigenvalue weighted by Gasteiger charge is 2.50. The molecule has 28 heavy (non-hydrogen) atoms. The lowest BCUT2D eigenvalue weighted by molar-refractivity contribution is -0.139. The Kier molecular flexibility index (Phi) is 5.33. The van der Waals surface area contributed by atoms with Crippen molar-refractivity contribution in [1.29, 1.82) is 0 Å². The van der Waals surface area contributed by atoms with Crippen LogP contribution < -0.4 is 10.2 Å². The Morgan fingerprint density at radius 2 is 2.11 bits per heavy atom. The average Bonchev–Trinajstić information content (AvgIpc) is 2.98. The van der Waals surface area contributed by atoms with Gasteiger partial charge in [0, 0.05) is 38.9 Å². The van der Waals surface area contributed by atoms with E-state index >= 15 is 0 Å². The van der Waals surface area contributed by atoms with Crippen LogP contribution >= 0.6 is 11.6 Å². The van der Waals surface area contributed by atoms with Crippen molar-refractivity contribution in [2.45, 2.75) is 38.1 Å². The molecule has 3 fully saturated rings. The second-order valence-electron chi connectivity index (χ2n) is 7.86. The third kappa shape index (κ3) is 3.63. The van der Waals surface area contributed by atoms with Crippen LogP contribution in [0.25, 0.3) is 0 Å². The monoisotopic (exact) mass is 408 g/mol. The van der Waals surface area contributed by atoms with E-state index in [9.17, 15) is 9.59 Å². The molecule has 4 heterocycles. The highest BCUT2D eigenvalue weighted by Crippen LogP contribution is 2.43. The van der Waals surface area contributed by atoms with Crippen LogP contribution in [0.4, 0.5) is 16.3 Å². The molecule has 0 bridgehead atoms. The first-order valence-electron chi connectivity index (χ1n) is 9.78. The van der Waals surface area contributed by atoms with E-state index in [1.165, 1.54) is 6.20 Å². The SMILES string of the molecule is O=C(O)Nc1cnc(N2CCC[C@]3(CCN(C4CCOCC4)C3=O)C2)c(Cl)c1. The maximum Gasteiger partial charge on any atom is 0.409 e. The van der Waals surface area contributed by atoms with Gasteiger partial charge < -0.3 is 19.6 Å². The molecule has 2 N–H and O–H groups in total. The zero-order valence-electron chi connectivity index (χ0n) is 15.7. The van der Waals surface area contributed by atoms with Crippen molar-refractivity contribution in [1.82, 2.24) is 9.88 Å². The number of halogens is 1. The molecule has 3 aliphatic rings. The summed E-state index contributed by atoms with van der Waals surface area (Å²) in [5.74, 6) is 0.860. The summed E-state index contributed by atoms with van der Waals surface area (Å²) in [5, 5.41) is 11.5. The molecule has 3 aliphatic heterocycles. The zero-order chi connectivity index (χ0) is 19.7. The van der Waals surface area contributed by atoms with Gasteiger partial charge in [-0.25, -0.2) is 9.78 Å². The van der Waals surface area contributed by atoms with Gasteiger partial charge in [-0.15, -0.1) is 0 Å². The minimum Gasteiger partial charge on any atom is -0.465 e. The Labute approximate surface area is 168 Å². The Hall–Kier alpha value is -2.06. The molecule has 9 heteroatoms. The molecule has 1 atom stereocenters. The number of aromatic nitrogens is 1. The largest absolute Gasteiger partial charge is 0.465 e. The van der Waals surface area contributed by atoms with Gasteiger partial charge in [0.05, 0.1) is 22.3 Å². The molecular formula is C19H25ClN4O4. The van der Waals surface area contributed by atoms with E-state index in [4.69, 9.17) is 21.4 Å². The first kappa shape index (κ1) is 19.3. The third-order valence-electron chi connectivity index (χ3n) is 6.13. The van der Waals surface area contributed by atoms with Crippen molar-refractivity contribution in [3.63, 3.8) is 0 Å². The van der Waals surface area contributed by atoms with Crippen molar-refractivity contribution in [2.24, 2.45) is 5.41 Å². The summed E-state index contributed by atoms with van der Waals surface area (Å²) in [6, 6.07) is 1.85. The summed E-state index contributed by atoms with van der Waals surface area (Å²) in [5.41, 5.74) is -0.0462. The number of nitrogens with one attached hydrogen (secondary N) is 1. The highest BCUT2D eigenvalue weighted by atomic mass is 35.5. The number of carboxylic acid groups (broad SMARTS) is 1. The van der Waals surface area contributed by atoms with E-state index in [1.54, 1.807) is 6.07 Å². The molecule has 0 aliphatic carbocycles. The van der Waals surface area contributed by atoms with Gasteiger partial charge in [0.1, 0.15) is 5.82 Å². The van der Waals surface area contributed by atoms with Gasteiger partial charge in [0.25, 0.3) is 0 Å². The van der Waals surface area contributed by atoms with Crippen LogP contribution in [0, 0.1) is 5.41 Å². The van der Waals surface area contributed by atoms with Gasteiger partial charge in [-0.2, -0.15) is 0 Å². The van der Waals surface area contributed by atoms with E-state index in [2.05, 4.69) is 20.1 Å². The molecule has 1 aromatic rings. The van der Waals surface area contributed by atoms with E-state index in [-0.39, 0.29) is 11.3 Å². The molecule has 0 saturated carbocycles.